The van der Waals surface area contributed by atoms with E-state index in [0.717, 1.165) is 42.1 Å². The highest BCUT2D eigenvalue weighted by atomic mass is 16.1. The van der Waals surface area contributed by atoms with Crippen molar-refractivity contribution in [2.24, 2.45) is 7.05 Å². The van der Waals surface area contributed by atoms with Gasteiger partial charge in [-0.25, -0.2) is 4.98 Å². The Labute approximate surface area is 139 Å². The molecule has 2 aromatic heterocycles. The number of carbonyl (C=O) groups excluding carboxylic acids is 1. The molecule has 2 N–H and O–H groups in total. The first-order valence-corrected chi connectivity index (χ1v) is 8.11. The fraction of sp³-hybridized carbons (Fsp3) is 0.353. The van der Waals surface area contributed by atoms with Gasteiger partial charge in [-0.3, -0.25) is 9.48 Å². The van der Waals surface area contributed by atoms with Crippen molar-refractivity contribution in [1.82, 2.24) is 30.0 Å². The lowest BCUT2D eigenvalue weighted by atomic mass is 10.1. The van der Waals surface area contributed by atoms with Gasteiger partial charge in [-0.15, -0.1) is 0 Å². The van der Waals surface area contributed by atoms with Crippen LogP contribution in [0.5, 0.6) is 0 Å². The lowest BCUT2D eigenvalue weighted by Gasteiger charge is -2.17. The fourth-order valence-electron chi connectivity index (χ4n) is 3.28. The molecule has 0 spiro atoms. The van der Waals surface area contributed by atoms with Gasteiger partial charge in [0.15, 0.2) is 0 Å². The van der Waals surface area contributed by atoms with Gasteiger partial charge >= 0.3 is 0 Å². The molecule has 3 heterocycles. The number of aromatic nitrogens is 4. The molecule has 0 saturated heterocycles. The molecular weight excluding hydrogens is 304 g/mol. The monoisotopic (exact) mass is 324 g/mol. The van der Waals surface area contributed by atoms with E-state index < -0.39 is 0 Å². The average Bonchev–Trinajstić information content (AvgIpc) is 3.07. The molecule has 24 heavy (non-hydrogen) atoms. The van der Waals surface area contributed by atoms with Crippen LogP contribution in [0.25, 0.3) is 10.9 Å². The minimum atomic E-state index is -0.00535. The van der Waals surface area contributed by atoms with Gasteiger partial charge in [-0.05, 0) is 6.07 Å². The first-order valence-electron chi connectivity index (χ1n) is 8.11. The van der Waals surface area contributed by atoms with Crippen LogP contribution < -0.4 is 10.6 Å². The molecule has 0 bridgehead atoms. The second-order valence-electron chi connectivity index (χ2n) is 6.16. The number of fused-ring (bicyclic) bond motifs is 2. The number of rotatable bonds is 3. The SMILES string of the molecule is Cn1nc(CC(=O)NC2CNCc3nccn3C2)c2ccccc21. The van der Waals surface area contributed by atoms with Gasteiger partial charge in [0.25, 0.3) is 0 Å². The molecule has 124 valence electrons. The lowest BCUT2D eigenvalue weighted by Crippen LogP contribution is -2.43. The van der Waals surface area contributed by atoms with Crippen molar-refractivity contribution in [3.63, 3.8) is 0 Å². The van der Waals surface area contributed by atoms with Gasteiger partial charge < -0.3 is 15.2 Å². The fourth-order valence-corrected chi connectivity index (χ4v) is 3.28. The summed E-state index contributed by atoms with van der Waals surface area (Å²) in [6.45, 7) is 2.19. The summed E-state index contributed by atoms with van der Waals surface area (Å²) in [5.41, 5.74) is 1.86. The van der Waals surface area contributed by atoms with Gasteiger partial charge in [0.1, 0.15) is 5.82 Å². The topological polar surface area (TPSA) is 76.8 Å². The quantitative estimate of drug-likeness (QED) is 0.740. The van der Waals surface area contributed by atoms with E-state index in [4.69, 9.17) is 0 Å². The Hall–Kier alpha value is -2.67. The van der Waals surface area contributed by atoms with Gasteiger partial charge in [0, 0.05) is 37.9 Å². The number of aryl methyl sites for hydroxylation is 1. The molecule has 4 rings (SSSR count). The van der Waals surface area contributed by atoms with Crippen LogP contribution in [0.2, 0.25) is 0 Å². The van der Waals surface area contributed by atoms with Crippen molar-refractivity contribution in [3.8, 4) is 0 Å². The highest BCUT2D eigenvalue weighted by Crippen LogP contribution is 2.17. The molecule has 1 aromatic carbocycles. The number of benzene rings is 1. The first-order chi connectivity index (χ1) is 11.7. The van der Waals surface area contributed by atoms with Crippen LogP contribution in [0.15, 0.2) is 36.7 Å². The highest BCUT2D eigenvalue weighted by molar-refractivity contribution is 5.87. The van der Waals surface area contributed by atoms with E-state index in [1.54, 1.807) is 6.20 Å². The molecule has 1 amide bonds. The Kier molecular flexibility index (Phi) is 3.78. The smallest absolute Gasteiger partial charge is 0.226 e. The van der Waals surface area contributed by atoms with Crippen LogP contribution in [0.3, 0.4) is 0 Å². The molecule has 1 atom stereocenters. The largest absolute Gasteiger partial charge is 0.350 e. The molecule has 7 heteroatoms. The number of para-hydroxylation sites is 1. The number of hydrogen-bond donors (Lipinski definition) is 2. The van der Waals surface area contributed by atoms with Crippen LogP contribution in [0.1, 0.15) is 11.5 Å². The maximum absolute atomic E-state index is 12.5. The zero-order valence-electron chi connectivity index (χ0n) is 13.6. The zero-order valence-corrected chi connectivity index (χ0v) is 13.6. The molecule has 1 aliphatic rings. The van der Waals surface area contributed by atoms with E-state index in [-0.39, 0.29) is 18.4 Å². The average molecular weight is 324 g/mol. The summed E-state index contributed by atoms with van der Waals surface area (Å²) in [6.07, 6.45) is 4.03. The summed E-state index contributed by atoms with van der Waals surface area (Å²) in [7, 11) is 1.90. The molecule has 0 saturated carbocycles. The molecule has 7 nitrogen and oxygen atoms in total. The first kappa shape index (κ1) is 14.9. The molecule has 3 aromatic rings. The number of nitrogens with one attached hydrogen (secondary N) is 2. The Morgan fingerprint density at radius 2 is 2.29 bits per heavy atom. The minimum Gasteiger partial charge on any atom is -0.350 e. The number of hydrogen-bond acceptors (Lipinski definition) is 4. The number of amides is 1. The molecule has 1 aliphatic heterocycles. The second-order valence-corrected chi connectivity index (χ2v) is 6.16. The number of carbonyl (C=O) groups is 1. The maximum Gasteiger partial charge on any atom is 0.226 e. The predicted molar refractivity (Wildman–Crippen MR) is 90.3 cm³/mol. The molecule has 1 unspecified atom stereocenters. The molecule has 0 radical (unpaired) electrons. The summed E-state index contributed by atoms with van der Waals surface area (Å²) >= 11 is 0. The Morgan fingerprint density at radius 1 is 1.42 bits per heavy atom. The summed E-state index contributed by atoms with van der Waals surface area (Å²) in [5.74, 6) is 0.997. The minimum absolute atomic E-state index is 0.00535. The Morgan fingerprint density at radius 3 is 3.21 bits per heavy atom. The van der Waals surface area contributed by atoms with Gasteiger partial charge in [0.2, 0.25) is 5.91 Å². The van der Waals surface area contributed by atoms with Crippen LogP contribution in [-0.2, 0) is 31.4 Å². The van der Waals surface area contributed by atoms with E-state index in [9.17, 15) is 4.79 Å². The number of imidazole rings is 1. The highest BCUT2D eigenvalue weighted by Gasteiger charge is 2.19. The van der Waals surface area contributed by atoms with Crippen molar-refractivity contribution in [2.45, 2.75) is 25.6 Å². The maximum atomic E-state index is 12.5. The van der Waals surface area contributed by atoms with Crippen molar-refractivity contribution in [2.75, 3.05) is 6.54 Å². The zero-order chi connectivity index (χ0) is 16.5. The van der Waals surface area contributed by atoms with Crippen molar-refractivity contribution in [1.29, 1.82) is 0 Å². The van der Waals surface area contributed by atoms with E-state index in [2.05, 4.69) is 25.3 Å². The Bertz CT molecular complexity index is 880. The number of nitrogens with zero attached hydrogens (tertiary/aromatic N) is 4. The predicted octanol–water partition coefficient (Wildman–Crippen LogP) is 0.601. The third-order valence-corrected chi connectivity index (χ3v) is 4.42. The van der Waals surface area contributed by atoms with Gasteiger partial charge in [-0.1, -0.05) is 18.2 Å². The third kappa shape index (κ3) is 2.78. The summed E-state index contributed by atoms with van der Waals surface area (Å²) < 4.78 is 3.91. The van der Waals surface area contributed by atoms with Crippen LogP contribution in [0, 0.1) is 0 Å². The van der Waals surface area contributed by atoms with E-state index in [1.807, 2.05) is 42.2 Å². The summed E-state index contributed by atoms with van der Waals surface area (Å²) in [5, 5.41) is 12.0. The third-order valence-electron chi connectivity index (χ3n) is 4.42. The molecule has 0 aliphatic carbocycles. The molecular formula is C17H20N6O. The van der Waals surface area contributed by atoms with Crippen molar-refractivity contribution >= 4 is 16.8 Å². The van der Waals surface area contributed by atoms with Crippen LogP contribution >= 0.6 is 0 Å². The molecule has 0 fully saturated rings. The lowest BCUT2D eigenvalue weighted by molar-refractivity contribution is -0.121. The summed E-state index contributed by atoms with van der Waals surface area (Å²) in [6, 6.07) is 8.02. The van der Waals surface area contributed by atoms with Gasteiger partial charge in [-0.2, -0.15) is 5.10 Å². The second kappa shape index (κ2) is 6.09. The standard InChI is InChI=1S/C17H20N6O/c1-22-15-5-3-2-4-13(15)14(21-22)8-17(24)20-12-9-18-10-16-19-6-7-23(16)11-12/h2-7,12,18H,8-11H2,1H3,(H,20,24). The van der Waals surface area contributed by atoms with Gasteiger partial charge in [0.05, 0.1) is 30.2 Å². The van der Waals surface area contributed by atoms with E-state index in [0.29, 0.717) is 0 Å². The Balaban J connectivity index is 1.47. The normalized spacial score (nSPS) is 17.5. The van der Waals surface area contributed by atoms with Crippen molar-refractivity contribution < 1.29 is 4.79 Å². The summed E-state index contributed by atoms with van der Waals surface area (Å²) in [4.78, 5) is 16.8. The van der Waals surface area contributed by atoms with Crippen LogP contribution in [0.4, 0.5) is 0 Å². The van der Waals surface area contributed by atoms with Crippen molar-refractivity contribution in [3.05, 3.63) is 48.2 Å². The van der Waals surface area contributed by atoms with Crippen LogP contribution in [-0.4, -0.2) is 37.8 Å². The van der Waals surface area contributed by atoms with E-state index in [1.165, 1.54) is 0 Å². The van der Waals surface area contributed by atoms with E-state index >= 15 is 0 Å².